The van der Waals surface area contributed by atoms with Gasteiger partial charge in [-0.2, -0.15) is 5.10 Å². The monoisotopic (exact) mass is 379 g/mol. The number of nitrogens with zero attached hydrogens (tertiary/aromatic N) is 4. The van der Waals surface area contributed by atoms with Crippen molar-refractivity contribution in [3.05, 3.63) is 82.0 Å². The fraction of sp³-hybridized carbons (Fsp3) is 0.0526. The molecule has 4 aromatic rings. The molecule has 8 heteroatoms. The fourth-order valence-corrected chi connectivity index (χ4v) is 2.85. The smallest absolute Gasteiger partial charge is 0.279 e. The number of halogens is 1. The molecule has 0 aliphatic rings. The van der Waals surface area contributed by atoms with Gasteiger partial charge in [-0.1, -0.05) is 29.8 Å². The number of benzene rings is 2. The standard InChI is InChI=1S/C19H14ClN5O2/c1-24-11-21-15-16(18(26)22-13-9-7-12(20)8-10-13)23-25(17(15)19(24)27)14-5-3-2-4-6-14/h2-11H,1H3,(H,22,26). The SMILES string of the molecule is Cn1cnc2c(C(=O)Nc3ccc(Cl)cc3)nn(-c3ccccc3)c2c1=O. The Morgan fingerprint density at radius 3 is 2.48 bits per heavy atom. The number of amides is 1. The summed E-state index contributed by atoms with van der Waals surface area (Å²) in [6.45, 7) is 0. The second-order valence-corrected chi connectivity index (χ2v) is 6.35. The number of fused-ring (bicyclic) bond motifs is 1. The van der Waals surface area contributed by atoms with Gasteiger partial charge in [0.2, 0.25) is 0 Å². The topological polar surface area (TPSA) is 81.8 Å². The highest BCUT2D eigenvalue weighted by Crippen LogP contribution is 2.19. The molecule has 0 unspecified atom stereocenters. The number of rotatable bonds is 3. The molecule has 7 nitrogen and oxygen atoms in total. The van der Waals surface area contributed by atoms with Crippen molar-refractivity contribution >= 4 is 34.2 Å². The third-order valence-corrected chi connectivity index (χ3v) is 4.31. The third kappa shape index (κ3) is 3.09. The van der Waals surface area contributed by atoms with Gasteiger partial charge in [0.1, 0.15) is 5.52 Å². The molecule has 0 saturated carbocycles. The summed E-state index contributed by atoms with van der Waals surface area (Å²) in [5.41, 5.74) is 1.50. The molecule has 0 fully saturated rings. The lowest BCUT2D eigenvalue weighted by Gasteiger charge is -2.03. The number of carbonyl (C=O) groups excluding carboxylic acids is 1. The maximum atomic E-state index is 12.8. The Bertz CT molecular complexity index is 1200. The van der Waals surface area contributed by atoms with E-state index < -0.39 is 5.91 Å². The summed E-state index contributed by atoms with van der Waals surface area (Å²) >= 11 is 5.87. The van der Waals surface area contributed by atoms with Gasteiger partial charge in [0.15, 0.2) is 11.2 Å². The molecule has 2 aromatic heterocycles. The molecule has 27 heavy (non-hydrogen) atoms. The summed E-state index contributed by atoms with van der Waals surface area (Å²) in [7, 11) is 1.60. The summed E-state index contributed by atoms with van der Waals surface area (Å²) in [6.07, 6.45) is 1.38. The average molecular weight is 380 g/mol. The quantitative estimate of drug-likeness (QED) is 0.593. The first kappa shape index (κ1) is 17.0. The molecule has 4 rings (SSSR count). The highest BCUT2D eigenvalue weighted by molar-refractivity contribution is 6.30. The highest BCUT2D eigenvalue weighted by Gasteiger charge is 2.22. The fourth-order valence-electron chi connectivity index (χ4n) is 2.72. The molecular weight excluding hydrogens is 366 g/mol. The number of aromatic nitrogens is 4. The van der Waals surface area contributed by atoms with Crippen molar-refractivity contribution in [2.75, 3.05) is 5.32 Å². The summed E-state index contributed by atoms with van der Waals surface area (Å²) < 4.78 is 2.80. The summed E-state index contributed by atoms with van der Waals surface area (Å²) in [4.78, 5) is 29.7. The van der Waals surface area contributed by atoms with Crippen molar-refractivity contribution in [3.63, 3.8) is 0 Å². The number of carbonyl (C=O) groups is 1. The molecule has 0 aliphatic carbocycles. The van der Waals surface area contributed by atoms with Crippen molar-refractivity contribution in [1.29, 1.82) is 0 Å². The van der Waals surface area contributed by atoms with E-state index in [2.05, 4.69) is 15.4 Å². The van der Waals surface area contributed by atoms with Crippen LogP contribution in [-0.2, 0) is 7.05 Å². The van der Waals surface area contributed by atoms with Crippen LogP contribution in [0.2, 0.25) is 5.02 Å². The van der Waals surface area contributed by atoms with Gasteiger partial charge in [-0.15, -0.1) is 0 Å². The Balaban J connectivity index is 1.86. The number of anilines is 1. The van der Waals surface area contributed by atoms with Crippen LogP contribution in [0.3, 0.4) is 0 Å². The molecule has 134 valence electrons. The van der Waals surface area contributed by atoms with Crippen LogP contribution in [0.5, 0.6) is 0 Å². The van der Waals surface area contributed by atoms with Gasteiger partial charge in [0.25, 0.3) is 11.5 Å². The average Bonchev–Trinajstić information content (AvgIpc) is 3.08. The second kappa shape index (κ2) is 6.69. The van der Waals surface area contributed by atoms with Crippen LogP contribution in [0.1, 0.15) is 10.5 Å². The van der Waals surface area contributed by atoms with Crippen molar-refractivity contribution < 1.29 is 4.79 Å². The Morgan fingerprint density at radius 1 is 1.07 bits per heavy atom. The Labute approximate surface area is 158 Å². The predicted molar refractivity (Wildman–Crippen MR) is 104 cm³/mol. The minimum absolute atomic E-state index is 0.0708. The maximum absolute atomic E-state index is 12.8. The van der Waals surface area contributed by atoms with E-state index in [1.807, 2.05) is 18.2 Å². The van der Waals surface area contributed by atoms with E-state index in [4.69, 9.17) is 11.6 Å². The van der Waals surface area contributed by atoms with E-state index in [9.17, 15) is 9.59 Å². The van der Waals surface area contributed by atoms with Gasteiger partial charge in [0.05, 0.1) is 12.0 Å². The molecule has 0 spiro atoms. The van der Waals surface area contributed by atoms with Crippen molar-refractivity contribution in [2.24, 2.45) is 7.05 Å². The molecule has 0 saturated heterocycles. The van der Waals surface area contributed by atoms with E-state index in [-0.39, 0.29) is 22.3 Å². The summed E-state index contributed by atoms with van der Waals surface area (Å²) in [6, 6.07) is 15.8. The van der Waals surface area contributed by atoms with Crippen molar-refractivity contribution in [2.45, 2.75) is 0 Å². The molecular formula is C19H14ClN5O2. The molecule has 1 amide bonds. The van der Waals surface area contributed by atoms with E-state index in [1.54, 1.807) is 43.4 Å². The summed E-state index contributed by atoms with van der Waals surface area (Å²) in [5, 5.41) is 7.70. The number of aryl methyl sites for hydroxylation is 1. The minimum atomic E-state index is -0.460. The highest BCUT2D eigenvalue weighted by atomic mass is 35.5. The van der Waals surface area contributed by atoms with Gasteiger partial charge in [-0.3, -0.25) is 9.59 Å². The van der Waals surface area contributed by atoms with Crippen LogP contribution < -0.4 is 10.9 Å². The normalized spacial score (nSPS) is 10.9. The molecule has 0 bridgehead atoms. The van der Waals surface area contributed by atoms with Crippen molar-refractivity contribution in [3.8, 4) is 5.69 Å². The van der Waals surface area contributed by atoms with Crippen LogP contribution >= 0.6 is 11.6 Å². The molecule has 0 aliphatic heterocycles. The first-order valence-corrected chi connectivity index (χ1v) is 8.49. The zero-order valence-corrected chi connectivity index (χ0v) is 15.0. The van der Waals surface area contributed by atoms with Gasteiger partial charge < -0.3 is 9.88 Å². The van der Waals surface area contributed by atoms with Crippen LogP contribution in [0.4, 0.5) is 5.69 Å². The van der Waals surface area contributed by atoms with Crippen LogP contribution in [-0.4, -0.2) is 25.2 Å². The van der Waals surface area contributed by atoms with Gasteiger partial charge >= 0.3 is 0 Å². The van der Waals surface area contributed by atoms with Gasteiger partial charge in [-0.05, 0) is 36.4 Å². The van der Waals surface area contributed by atoms with E-state index in [0.717, 1.165) is 0 Å². The molecule has 0 radical (unpaired) electrons. The Hall–Kier alpha value is -3.45. The lowest BCUT2D eigenvalue weighted by molar-refractivity contribution is 0.102. The summed E-state index contributed by atoms with van der Waals surface area (Å²) in [5.74, 6) is -0.460. The Morgan fingerprint density at radius 2 is 1.78 bits per heavy atom. The number of hydrogen-bond acceptors (Lipinski definition) is 4. The van der Waals surface area contributed by atoms with Crippen LogP contribution in [0, 0.1) is 0 Å². The molecule has 1 N–H and O–H groups in total. The van der Waals surface area contributed by atoms with Gasteiger partial charge in [0, 0.05) is 17.8 Å². The van der Waals surface area contributed by atoms with E-state index >= 15 is 0 Å². The zero-order chi connectivity index (χ0) is 19.0. The molecule has 2 heterocycles. The lowest BCUT2D eigenvalue weighted by Crippen LogP contribution is -2.19. The minimum Gasteiger partial charge on any atom is -0.321 e. The number of hydrogen-bond donors (Lipinski definition) is 1. The largest absolute Gasteiger partial charge is 0.321 e. The second-order valence-electron chi connectivity index (χ2n) is 5.91. The number of para-hydroxylation sites is 1. The van der Waals surface area contributed by atoms with Gasteiger partial charge in [-0.25, -0.2) is 9.67 Å². The molecule has 0 atom stereocenters. The van der Waals surface area contributed by atoms with Crippen LogP contribution in [0.25, 0.3) is 16.7 Å². The van der Waals surface area contributed by atoms with E-state index in [0.29, 0.717) is 16.4 Å². The van der Waals surface area contributed by atoms with Crippen molar-refractivity contribution in [1.82, 2.24) is 19.3 Å². The first-order valence-electron chi connectivity index (χ1n) is 8.11. The maximum Gasteiger partial charge on any atom is 0.279 e. The Kier molecular flexibility index (Phi) is 4.21. The third-order valence-electron chi connectivity index (χ3n) is 4.06. The zero-order valence-electron chi connectivity index (χ0n) is 14.3. The first-order chi connectivity index (χ1) is 13.0. The van der Waals surface area contributed by atoms with E-state index in [1.165, 1.54) is 15.6 Å². The predicted octanol–water partition coefficient (Wildman–Crippen LogP) is 3.02. The number of nitrogens with one attached hydrogen (secondary N) is 1. The molecule has 2 aromatic carbocycles. The van der Waals surface area contributed by atoms with Crippen LogP contribution in [0.15, 0.2) is 65.7 Å². The lowest BCUT2D eigenvalue weighted by atomic mass is 10.3.